The van der Waals surface area contributed by atoms with Crippen LogP contribution in [0, 0.1) is 12.8 Å². The van der Waals surface area contributed by atoms with Crippen LogP contribution >= 0.6 is 23.1 Å². The van der Waals surface area contributed by atoms with Gasteiger partial charge in [-0.1, -0.05) is 41.6 Å². The van der Waals surface area contributed by atoms with E-state index >= 15 is 0 Å². The van der Waals surface area contributed by atoms with Crippen molar-refractivity contribution in [2.45, 2.75) is 31.0 Å². The lowest BCUT2D eigenvalue weighted by molar-refractivity contribution is -0.119. The number of hydrogen-bond donors (Lipinski definition) is 1. The first-order valence-electron chi connectivity index (χ1n) is 8.96. The van der Waals surface area contributed by atoms with Gasteiger partial charge in [-0.2, -0.15) is 0 Å². The summed E-state index contributed by atoms with van der Waals surface area (Å²) in [5, 5.41) is 6.24. The predicted molar refractivity (Wildman–Crippen MR) is 110 cm³/mol. The largest absolute Gasteiger partial charge is 0.348 e. The molecular weight excluding hydrogens is 378 g/mol. The van der Waals surface area contributed by atoms with Gasteiger partial charge in [-0.25, -0.2) is 4.98 Å². The molecule has 1 aromatic carbocycles. The third kappa shape index (κ3) is 3.94. The number of nitrogens with one attached hydrogen (secondary N) is 1. The van der Waals surface area contributed by atoms with Crippen LogP contribution in [-0.2, 0) is 11.8 Å². The molecule has 7 heteroatoms. The normalized spacial score (nSPS) is 15.0. The van der Waals surface area contributed by atoms with Gasteiger partial charge in [-0.05, 0) is 42.7 Å². The number of hydrogen-bond acceptors (Lipinski definition) is 5. The van der Waals surface area contributed by atoms with Crippen molar-refractivity contribution in [2.24, 2.45) is 13.0 Å². The van der Waals surface area contributed by atoms with Crippen molar-refractivity contribution in [3.8, 4) is 0 Å². The number of amides is 1. The number of thiophene rings is 1. The van der Waals surface area contributed by atoms with Gasteiger partial charge in [-0.3, -0.25) is 14.2 Å². The summed E-state index contributed by atoms with van der Waals surface area (Å²) in [6.45, 7) is 2.06. The first-order chi connectivity index (χ1) is 13.0. The van der Waals surface area contributed by atoms with E-state index < -0.39 is 0 Å². The zero-order valence-corrected chi connectivity index (χ0v) is 16.9. The number of thioether (sulfide) groups is 1. The molecular formula is C20H21N3O2S2. The zero-order chi connectivity index (χ0) is 19.0. The Morgan fingerprint density at radius 1 is 1.33 bits per heavy atom. The van der Waals surface area contributed by atoms with E-state index in [1.807, 2.05) is 5.38 Å². The number of nitrogens with zero attached hydrogens (tertiary/aromatic N) is 2. The average Bonchev–Trinajstić information content (AvgIpc) is 3.39. The van der Waals surface area contributed by atoms with E-state index in [1.54, 1.807) is 13.1 Å². The van der Waals surface area contributed by atoms with Crippen molar-refractivity contribution < 1.29 is 4.79 Å². The van der Waals surface area contributed by atoms with Gasteiger partial charge in [0.1, 0.15) is 4.83 Å². The molecule has 0 aliphatic heterocycles. The van der Waals surface area contributed by atoms with E-state index in [4.69, 9.17) is 0 Å². The Hall–Kier alpha value is -2.12. The molecule has 0 saturated heterocycles. The number of aryl methyl sites for hydroxylation is 1. The fourth-order valence-corrected chi connectivity index (χ4v) is 4.72. The summed E-state index contributed by atoms with van der Waals surface area (Å²) < 4.78 is 1.52. The highest BCUT2D eigenvalue weighted by Crippen LogP contribution is 2.41. The molecule has 4 rings (SSSR count). The Balaban J connectivity index is 1.45. The lowest BCUT2D eigenvalue weighted by atomic mass is 10.0. The van der Waals surface area contributed by atoms with Crippen molar-refractivity contribution in [3.05, 3.63) is 57.2 Å². The Morgan fingerprint density at radius 2 is 2.07 bits per heavy atom. The Labute approximate surface area is 165 Å². The van der Waals surface area contributed by atoms with Crippen LogP contribution in [0.3, 0.4) is 0 Å². The highest BCUT2D eigenvalue weighted by atomic mass is 32.2. The summed E-state index contributed by atoms with van der Waals surface area (Å²) in [5.41, 5.74) is 2.30. The molecule has 0 radical (unpaired) electrons. The second-order valence-electron chi connectivity index (χ2n) is 6.98. The van der Waals surface area contributed by atoms with Crippen LogP contribution in [0.4, 0.5) is 0 Å². The minimum absolute atomic E-state index is 0.0296. The fourth-order valence-electron chi connectivity index (χ4n) is 3.13. The second kappa shape index (κ2) is 7.48. The van der Waals surface area contributed by atoms with Crippen LogP contribution in [-0.4, -0.2) is 21.2 Å². The molecule has 2 heterocycles. The molecule has 1 amide bonds. The van der Waals surface area contributed by atoms with Crippen LogP contribution in [0.5, 0.6) is 0 Å². The first kappa shape index (κ1) is 18.3. The summed E-state index contributed by atoms with van der Waals surface area (Å²) >= 11 is 2.75. The first-order valence-corrected chi connectivity index (χ1v) is 10.8. The van der Waals surface area contributed by atoms with Crippen molar-refractivity contribution >= 4 is 39.2 Å². The highest BCUT2D eigenvalue weighted by molar-refractivity contribution is 7.99. The van der Waals surface area contributed by atoms with Crippen LogP contribution in [0.15, 0.2) is 45.7 Å². The molecule has 1 fully saturated rings. The smallest absolute Gasteiger partial charge is 0.262 e. The zero-order valence-electron chi connectivity index (χ0n) is 15.3. The Bertz CT molecular complexity index is 1040. The molecule has 1 aliphatic rings. The van der Waals surface area contributed by atoms with Gasteiger partial charge in [-0.15, -0.1) is 11.3 Å². The number of carbonyl (C=O) groups is 1. The van der Waals surface area contributed by atoms with Gasteiger partial charge in [0.15, 0.2) is 5.16 Å². The predicted octanol–water partition coefficient (Wildman–Crippen LogP) is 3.66. The summed E-state index contributed by atoms with van der Waals surface area (Å²) in [6.07, 6.45) is 2.30. The van der Waals surface area contributed by atoms with Gasteiger partial charge >= 0.3 is 0 Å². The minimum atomic E-state index is -0.0697. The van der Waals surface area contributed by atoms with E-state index in [9.17, 15) is 9.59 Å². The SMILES string of the molecule is Cc1ccc(C(NC(=O)CSc2nc3sccc3c(=O)n2C)C2CC2)cc1. The molecule has 0 spiro atoms. The molecule has 27 heavy (non-hydrogen) atoms. The number of benzene rings is 1. The molecule has 1 N–H and O–H groups in total. The second-order valence-corrected chi connectivity index (χ2v) is 8.82. The molecule has 1 atom stereocenters. The quantitative estimate of drug-likeness (QED) is 0.507. The van der Waals surface area contributed by atoms with E-state index in [2.05, 4.69) is 41.5 Å². The van der Waals surface area contributed by atoms with Gasteiger partial charge in [0.2, 0.25) is 5.91 Å². The van der Waals surface area contributed by atoms with Gasteiger partial charge < -0.3 is 5.32 Å². The minimum Gasteiger partial charge on any atom is -0.348 e. The maximum atomic E-state index is 12.6. The summed E-state index contributed by atoms with van der Waals surface area (Å²) in [6, 6.07) is 10.2. The molecule has 1 aliphatic carbocycles. The third-order valence-electron chi connectivity index (χ3n) is 4.84. The van der Waals surface area contributed by atoms with Crippen LogP contribution in [0.2, 0.25) is 0 Å². The topological polar surface area (TPSA) is 64.0 Å². The van der Waals surface area contributed by atoms with Crippen LogP contribution in [0.1, 0.15) is 30.0 Å². The molecule has 140 valence electrons. The molecule has 5 nitrogen and oxygen atoms in total. The maximum Gasteiger partial charge on any atom is 0.262 e. The summed E-state index contributed by atoms with van der Waals surface area (Å²) in [4.78, 5) is 30.2. The molecule has 1 saturated carbocycles. The Kier molecular flexibility index (Phi) is 5.06. The standard InChI is InChI=1S/C20H21N3O2S2/c1-12-3-5-13(6-4-12)17(14-7-8-14)21-16(24)11-27-20-22-18-15(9-10-26-18)19(25)23(20)2/h3-6,9-10,14,17H,7-8,11H2,1-2H3,(H,21,24). The fraction of sp³-hybridized carbons (Fsp3) is 0.350. The van der Waals surface area contributed by atoms with E-state index in [0.29, 0.717) is 16.5 Å². The summed E-state index contributed by atoms with van der Waals surface area (Å²) in [5.74, 6) is 0.733. The molecule has 0 bridgehead atoms. The molecule has 1 unspecified atom stereocenters. The number of carbonyl (C=O) groups excluding carboxylic acids is 1. The van der Waals surface area contributed by atoms with Gasteiger partial charge in [0, 0.05) is 7.05 Å². The van der Waals surface area contributed by atoms with E-state index in [-0.39, 0.29) is 23.3 Å². The van der Waals surface area contributed by atoms with Crippen molar-refractivity contribution in [1.82, 2.24) is 14.9 Å². The van der Waals surface area contributed by atoms with Crippen LogP contribution < -0.4 is 10.9 Å². The van der Waals surface area contributed by atoms with Crippen LogP contribution in [0.25, 0.3) is 10.2 Å². The number of rotatable bonds is 6. The van der Waals surface area contributed by atoms with Gasteiger partial charge in [0.05, 0.1) is 17.2 Å². The third-order valence-corrected chi connectivity index (χ3v) is 6.68. The van der Waals surface area contributed by atoms with Crippen molar-refractivity contribution in [1.29, 1.82) is 0 Å². The monoisotopic (exact) mass is 399 g/mol. The number of aromatic nitrogens is 2. The van der Waals surface area contributed by atoms with Crippen molar-refractivity contribution in [2.75, 3.05) is 5.75 Å². The average molecular weight is 400 g/mol. The van der Waals surface area contributed by atoms with E-state index in [0.717, 1.165) is 23.2 Å². The van der Waals surface area contributed by atoms with Gasteiger partial charge in [0.25, 0.3) is 5.56 Å². The molecule has 2 aromatic heterocycles. The Morgan fingerprint density at radius 3 is 2.78 bits per heavy atom. The lowest BCUT2D eigenvalue weighted by Gasteiger charge is -2.19. The van der Waals surface area contributed by atoms with E-state index in [1.165, 1.54) is 33.2 Å². The number of fused-ring (bicyclic) bond motifs is 1. The lowest BCUT2D eigenvalue weighted by Crippen LogP contribution is -2.31. The highest BCUT2D eigenvalue weighted by Gasteiger charge is 2.33. The molecule has 3 aromatic rings. The maximum absolute atomic E-state index is 12.6. The summed E-state index contributed by atoms with van der Waals surface area (Å²) in [7, 11) is 1.70. The van der Waals surface area contributed by atoms with Crippen molar-refractivity contribution in [3.63, 3.8) is 0 Å².